The second kappa shape index (κ2) is 2.64. The van der Waals surface area contributed by atoms with Crippen molar-refractivity contribution in [2.75, 3.05) is 0 Å². The molecular formula is C6H12BN3. The normalized spacial score (nSPS) is 33.1. The lowest BCUT2D eigenvalue weighted by atomic mass is 10.1. The fourth-order valence-electron chi connectivity index (χ4n) is 1.31. The van der Waals surface area contributed by atoms with E-state index >= 15 is 0 Å². The van der Waals surface area contributed by atoms with Gasteiger partial charge in [0.2, 0.25) is 7.98 Å². The summed E-state index contributed by atoms with van der Waals surface area (Å²) in [6.07, 6.45) is 0.848. The number of hydrogen-bond donors (Lipinski definition) is 3. The lowest BCUT2D eigenvalue weighted by Crippen LogP contribution is -2.41. The summed E-state index contributed by atoms with van der Waals surface area (Å²) in [6.45, 7) is 1.99. The summed E-state index contributed by atoms with van der Waals surface area (Å²) in [7, 11) is 5.23. The molecule has 0 spiro atoms. The van der Waals surface area contributed by atoms with Crippen molar-refractivity contribution in [3.05, 3.63) is 11.3 Å². The Bertz CT molecular complexity index is 166. The van der Waals surface area contributed by atoms with E-state index in [4.69, 9.17) is 19.4 Å². The van der Waals surface area contributed by atoms with E-state index < -0.39 is 0 Å². The average molecular weight is 137 g/mol. The Morgan fingerprint density at radius 3 is 2.40 bits per heavy atom. The minimum atomic E-state index is -0.106. The third kappa shape index (κ3) is 1.04. The monoisotopic (exact) mass is 137 g/mol. The highest BCUT2D eigenvalue weighted by Gasteiger charge is 2.25. The van der Waals surface area contributed by atoms with Gasteiger partial charge in [0.05, 0.1) is 6.04 Å². The van der Waals surface area contributed by atoms with Gasteiger partial charge >= 0.3 is 0 Å². The molecule has 2 atom stereocenters. The fourth-order valence-corrected chi connectivity index (χ4v) is 1.31. The van der Waals surface area contributed by atoms with E-state index in [2.05, 4.69) is 5.23 Å². The number of nitrogens with one attached hydrogen (secondary N) is 1. The van der Waals surface area contributed by atoms with Crippen LogP contribution in [0, 0.1) is 0 Å². The van der Waals surface area contributed by atoms with Crippen molar-refractivity contribution >= 4 is 7.98 Å². The van der Waals surface area contributed by atoms with Gasteiger partial charge in [0, 0.05) is 11.7 Å². The zero-order valence-electron chi connectivity index (χ0n) is 6.09. The van der Waals surface area contributed by atoms with Crippen LogP contribution in [0.3, 0.4) is 0 Å². The Balaban J connectivity index is 2.75. The van der Waals surface area contributed by atoms with Crippen LogP contribution in [0.1, 0.15) is 13.3 Å². The van der Waals surface area contributed by atoms with Crippen LogP contribution in [0.4, 0.5) is 0 Å². The molecule has 0 fully saturated rings. The molecule has 0 amide bonds. The zero-order valence-corrected chi connectivity index (χ0v) is 6.09. The van der Waals surface area contributed by atoms with Crippen molar-refractivity contribution in [2.24, 2.45) is 11.5 Å². The van der Waals surface area contributed by atoms with Crippen LogP contribution in [0.5, 0.6) is 0 Å². The van der Waals surface area contributed by atoms with E-state index in [-0.39, 0.29) is 12.1 Å². The second-order valence-corrected chi connectivity index (χ2v) is 2.73. The maximum absolute atomic E-state index is 5.70. The Morgan fingerprint density at radius 1 is 1.60 bits per heavy atom. The third-order valence-corrected chi connectivity index (χ3v) is 1.95. The summed E-state index contributed by atoms with van der Waals surface area (Å²) in [6, 6.07) is -0.0731. The maximum Gasteiger partial charge on any atom is 0.222 e. The van der Waals surface area contributed by atoms with E-state index in [0.717, 1.165) is 12.1 Å². The SMILES string of the molecule is [B]NC1=C(C)C[C@H](N)[C@@H]1N. The van der Waals surface area contributed by atoms with E-state index in [1.54, 1.807) is 0 Å². The molecule has 1 rings (SSSR count). The molecule has 4 heteroatoms. The van der Waals surface area contributed by atoms with Crippen LogP contribution in [0.2, 0.25) is 0 Å². The van der Waals surface area contributed by atoms with Gasteiger partial charge in [0.15, 0.2) is 0 Å². The largest absolute Gasteiger partial charge is 0.439 e. The predicted octanol–water partition coefficient (Wildman–Crippen LogP) is -1.01. The molecular weight excluding hydrogens is 125 g/mol. The molecule has 0 bridgehead atoms. The van der Waals surface area contributed by atoms with Gasteiger partial charge in [-0.05, 0) is 13.3 Å². The van der Waals surface area contributed by atoms with Gasteiger partial charge in [-0.15, -0.1) is 0 Å². The quantitative estimate of drug-likeness (QED) is 0.406. The van der Waals surface area contributed by atoms with E-state index in [9.17, 15) is 0 Å². The summed E-state index contributed by atoms with van der Waals surface area (Å²) in [5.41, 5.74) is 13.4. The standard InChI is InChI=1S/C6H12BN3/c1-3-2-4(8)5(9)6(3)10-7/h4-5,10H,2,8-9H2,1H3/t4-,5-/m0/s1. The molecule has 0 heterocycles. The molecule has 0 aromatic carbocycles. The van der Waals surface area contributed by atoms with E-state index in [0.29, 0.717) is 0 Å². The second-order valence-electron chi connectivity index (χ2n) is 2.73. The Labute approximate surface area is 62.3 Å². The maximum atomic E-state index is 5.70. The Hall–Kier alpha value is -0.475. The minimum Gasteiger partial charge on any atom is -0.439 e. The molecule has 1 aliphatic rings. The van der Waals surface area contributed by atoms with Gasteiger partial charge in [-0.25, -0.2) is 0 Å². The molecule has 0 aromatic heterocycles. The van der Waals surface area contributed by atoms with Gasteiger partial charge in [-0.2, -0.15) is 0 Å². The van der Waals surface area contributed by atoms with Crippen LogP contribution in [-0.4, -0.2) is 20.1 Å². The van der Waals surface area contributed by atoms with Crippen molar-refractivity contribution < 1.29 is 0 Å². The first kappa shape index (κ1) is 7.63. The van der Waals surface area contributed by atoms with Crippen LogP contribution in [-0.2, 0) is 0 Å². The molecule has 1 aliphatic carbocycles. The molecule has 54 valence electrons. The molecule has 0 saturated carbocycles. The van der Waals surface area contributed by atoms with Crippen molar-refractivity contribution in [3.8, 4) is 0 Å². The van der Waals surface area contributed by atoms with Crippen molar-refractivity contribution in [1.82, 2.24) is 5.23 Å². The molecule has 0 unspecified atom stereocenters. The summed E-state index contributed by atoms with van der Waals surface area (Å²) in [4.78, 5) is 0. The van der Waals surface area contributed by atoms with Gasteiger partial charge in [0.25, 0.3) is 0 Å². The zero-order chi connectivity index (χ0) is 7.72. The summed E-state index contributed by atoms with van der Waals surface area (Å²) >= 11 is 0. The lowest BCUT2D eigenvalue weighted by Gasteiger charge is -2.13. The fraction of sp³-hybridized carbons (Fsp3) is 0.667. The lowest BCUT2D eigenvalue weighted by molar-refractivity contribution is 0.614. The number of rotatable bonds is 1. The topological polar surface area (TPSA) is 64.1 Å². The van der Waals surface area contributed by atoms with Gasteiger partial charge < -0.3 is 16.7 Å². The van der Waals surface area contributed by atoms with E-state index in [1.165, 1.54) is 5.57 Å². The van der Waals surface area contributed by atoms with Crippen LogP contribution in [0.15, 0.2) is 11.3 Å². The average Bonchev–Trinajstić information content (AvgIpc) is 2.09. The van der Waals surface area contributed by atoms with Gasteiger partial charge in [0.1, 0.15) is 0 Å². The smallest absolute Gasteiger partial charge is 0.222 e. The Morgan fingerprint density at radius 2 is 2.20 bits per heavy atom. The van der Waals surface area contributed by atoms with Crippen LogP contribution >= 0.6 is 0 Å². The number of hydrogen-bond acceptors (Lipinski definition) is 3. The first-order chi connectivity index (χ1) is 4.66. The predicted molar refractivity (Wildman–Crippen MR) is 42.2 cm³/mol. The third-order valence-electron chi connectivity index (χ3n) is 1.95. The molecule has 0 aromatic rings. The molecule has 10 heavy (non-hydrogen) atoms. The summed E-state index contributed by atoms with van der Waals surface area (Å²) < 4.78 is 0. The number of nitrogens with two attached hydrogens (primary N) is 2. The van der Waals surface area contributed by atoms with E-state index in [1.807, 2.05) is 6.92 Å². The van der Waals surface area contributed by atoms with Crippen molar-refractivity contribution in [3.63, 3.8) is 0 Å². The molecule has 0 saturated heterocycles. The molecule has 5 N–H and O–H groups in total. The Kier molecular flexibility index (Phi) is 2.01. The highest BCUT2D eigenvalue weighted by Crippen LogP contribution is 2.20. The van der Waals surface area contributed by atoms with Crippen molar-refractivity contribution in [2.45, 2.75) is 25.4 Å². The van der Waals surface area contributed by atoms with Crippen LogP contribution in [0.25, 0.3) is 0 Å². The molecule has 0 aliphatic heterocycles. The minimum absolute atomic E-state index is 0.0334. The van der Waals surface area contributed by atoms with Crippen molar-refractivity contribution in [1.29, 1.82) is 0 Å². The highest BCUT2D eigenvalue weighted by atomic mass is 14.9. The molecule has 2 radical (unpaired) electrons. The first-order valence-corrected chi connectivity index (χ1v) is 3.34. The first-order valence-electron chi connectivity index (χ1n) is 3.34. The summed E-state index contributed by atoms with van der Waals surface area (Å²) in [5, 5.41) is 2.57. The van der Waals surface area contributed by atoms with Gasteiger partial charge in [-0.1, -0.05) is 5.57 Å². The molecule has 3 nitrogen and oxygen atoms in total. The van der Waals surface area contributed by atoms with Gasteiger partial charge in [-0.3, -0.25) is 0 Å². The van der Waals surface area contributed by atoms with Crippen LogP contribution < -0.4 is 16.7 Å². The highest BCUT2D eigenvalue weighted by molar-refractivity contribution is 6.05. The summed E-state index contributed by atoms with van der Waals surface area (Å²) in [5.74, 6) is 0.